The van der Waals surface area contributed by atoms with E-state index in [1.54, 1.807) is 11.8 Å². The molecule has 3 nitrogen and oxygen atoms in total. The van der Waals surface area contributed by atoms with Gasteiger partial charge in [0, 0.05) is 11.9 Å². The van der Waals surface area contributed by atoms with E-state index < -0.39 is 0 Å². The second-order valence-electron chi connectivity index (χ2n) is 4.13. The summed E-state index contributed by atoms with van der Waals surface area (Å²) in [6.07, 6.45) is 4.98. The van der Waals surface area contributed by atoms with Crippen molar-refractivity contribution in [2.24, 2.45) is 4.99 Å². The first-order chi connectivity index (χ1) is 8.17. The van der Waals surface area contributed by atoms with Crippen molar-refractivity contribution in [3.05, 3.63) is 40.9 Å². The summed E-state index contributed by atoms with van der Waals surface area (Å²) < 4.78 is 1.73. The molecule has 0 fully saturated rings. The average Bonchev–Trinajstić information content (AvgIpc) is 2.85. The lowest BCUT2D eigenvalue weighted by Crippen LogP contribution is -2.05. The number of aromatic nitrogens is 1. The molecule has 0 aromatic carbocycles. The maximum Gasteiger partial charge on any atom is 0.104 e. The zero-order valence-electron chi connectivity index (χ0n) is 10.8. The molecule has 0 atom stereocenters. The van der Waals surface area contributed by atoms with E-state index in [0.29, 0.717) is 0 Å². The first-order valence-corrected chi connectivity index (χ1v) is 5.86. The second-order valence-corrected chi connectivity index (χ2v) is 4.13. The predicted molar refractivity (Wildman–Crippen MR) is 71.0 cm³/mol. The number of allylic oxidation sites excluding steroid dienone is 2. The third kappa shape index (κ3) is 2.05. The normalized spacial score (nSPS) is 17.9. The molecule has 0 radical (unpaired) electrons. The monoisotopic (exact) mass is 230 g/mol. The van der Waals surface area contributed by atoms with Gasteiger partial charge in [-0.1, -0.05) is 6.92 Å². The molecule has 1 aliphatic rings. The highest BCUT2D eigenvalue weighted by Gasteiger charge is 2.16. The van der Waals surface area contributed by atoms with Crippen molar-refractivity contribution in [3.63, 3.8) is 0 Å². The van der Waals surface area contributed by atoms with Crippen LogP contribution in [0.3, 0.4) is 0 Å². The highest BCUT2D eigenvalue weighted by molar-refractivity contribution is 6.03. The summed E-state index contributed by atoms with van der Waals surface area (Å²) in [6, 6.07) is 3.97. The van der Waals surface area contributed by atoms with Crippen LogP contribution in [0, 0.1) is 0 Å². The second kappa shape index (κ2) is 4.62. The highest BCUT2D eigenvalue weighted by atomic mass is 16.6. The molecule has 0 spiro atoms. The number of nitrogens with zero attached hydrogens (tertiary/aromatic N) is 2. The summed E-state index contributed by atoms with van der Waals surface area (Å²) in [6.45, 7) is 6.36. The minimum atomic E-state index is 1.01. The zero-order chi connectivity index (χ0) is 12.4. The van der Waals surface area contributed by atoms with E-state index in [-0.39, 0.29) is 0 Å². The van der Waals surface area contributed by atoms with E-state index >= 15 is 0 Å². The summed E-state index contributed by atoms with van der Waals surface area (Å²) in [4.78, 5) is 9.83. The molecular formula is C14H18N2O. The summed E-state index contributed by atoms with van der Waals surface area (Å²) in [5.41, 5.74) is 5.81. The van der Waals surface area contributed by atoms with E-state index in [9.17, 15) is 0 Å². The van der Waals surface area contributed by atoms with Gasteiger partial charge >= 0.3 is 0 Å². The molecule has 0 amide bonds. The summed E-state index contributed by atoms with van der Waals surface area (Å²) in [7, 11) is 1.66. The number of hydrogen-bond acceptors (Lipinski definition) is 2. The van der Waals surface area contributed by atoms with Gasteiger partial charge in [0.25, 0.3) is 0 Å². The van der Waals surface area contributed by atoms with Gasteiger partial charge < -0.3 is 4.84 Å². The molecule has 1 aromatic heterocycles. The molecular weight excluding hydrogens is 212 g/mol. The third-order valence-corrected chi connectivity index (χ3v) is 3.14. The molecule has 1 aromatic rings. The van der Waals surface area contributed by atoms with Crippen molar-refractivity contribution >= 4 is 11.8 Å². The van der Waals surface area contributed by atoms with Gasteiger partial charge in [-0.15, -0.1) is 0 Å². The number of hydrogen-bond donors (Lipinski definition) is 0. The zero-order valence-corrected chi connectivity index (χ0v) is 10.8. The van der Waals surface area contributed by atoms with Crippen LogP contribution in [0.25, 0.3) is 6.08 Å². The summed E-state index contributed by atoms with van der Waals surface area (Å²) in [5, 5.41) is 0. The van der Waals surface area contributed by atoms with Crippen molar-refractivity contribution in [2.75, 3.05) is 7.11 Å². The minimum Gasteiger partial charge on any atom is -0.417 e. The predicted octanol–water partition coefficient (Wildman–Crippen LogP) is 3.09. The van der Waals surface area contributed by atoms with Crippen molar-refractivity contribution < 1.29 is 4.84 Å². The van der Waals surface area contributed by atoms with Gasteiger partial charge in [0.05, 0.1) is 11.4 Å². The minimum absolute atomic E-state index is 1.01. The van der Waals surface area contributed by atoms with Crippen LogP contribution >= 0.6 is 0 Å². The Bertz CT molecular complexity index is 518. The fourth-order valence-corrected chi connectivity index (χ4v) is 2.22. The number of rotatable bonds is 3. The van der Waals surface area contributed by atoms with E-state index in [1.165, 1.54) is 11.1 Å². The van der Waals surface area contributed by atoms with Crippen LogP contribution in [-0.2, 0) is 0 Å². The van der Waals surface area contributed by atoms with Crippen molar-refractivity contribution in [3.8, 4) is 0 Å². The summed E-state index contributed by atoms with van der Waals surface area (Å²) >= 11 is 0. The van der Waals surface area contributed by atoms with Crippen molar-refractivity contribution in [2.45, 2.75) is 27.2 Å². The van der Waals surface area contributed by atoms with Gasteiger partial charge in [0.2, 0.25) is 0 Å². The maximum absolute atomic E-state index is 5.22. The van der Waals surface area contributed by atoms with Gasteiger partial charge in [0.1, 0.15) is 7.11 Å². The van der Waals surface area contributed by atoms with Crippen LogP contribution in [0.4, 0.5) is 0 Å². The lowest BCUT2D eigenvalue weighted by Gasteiger charge is -2.04. The molecule has 0 unspecified atom stereocenters. The Labute approximate surface area is 102 Å². The smallest absolute Gasteiger partial charge is 0.104 e. The van der Waals surface area contributed by atoms with Gasteiger partial charge in [-0.2, -0.15) is 4.73 Å². The van der Waals surface area contributed by atoms with Crippen LogP contribution in [0.15, 0.2) is 40.2 Å². The number of aliphatic imine (C=N–C) groups is 1. The molecule has 2 rings (SSSR count). The Morgan fingerprint density at radius 1 is 1.41 bits per heavy atom. The van der Waals surface area contributed by atoms with E-state index in [0.717, 1.165) is 23.5 Å². The molecule has 90 valence electrons. The molecule has 0 aliphatic carbocycles. The van der Waals surface area contributed by atoms with Gasteiger partial charge in [-0.25, -0.2) is 0 Å². The topological polar surface area (TPSA) is 26.5 Å². The summed E-state index contributed by atoms with van der Waals surface area (Å²) in [5.74, 6) is 0. The van der Waals surface area contributed by atoms with Crippen molar-refractivity contribution in [1.29, 1.82) is 0 Å². The molecule has 1 aliphatic heterocycles. The van der Waals surface area contributed by atoms with E-state index in [4.69, 9.17) is 4.84 Å². The molecule has 2 heterocycles. The standard InChI is InChI=1S/C14H18N2O/c1-5-13-10(2)14(15-11(13)3)9-12-7-6-8-16(12)17-4/h6-9H,5H2,1-4H3/b14-9+. The fourth-order valence-electron chi connectivity index (χ4n) is 2.22. The fraction of sp³-hybridized carbons (Fsp3) is 0.357. The molecule has 0 saturated heterocycles. The van der Waals surface area contributed by atoms with Crippen LogP contribution in [0.2, 0.25) is 0 Å². The van der Waals surface area contributed by atoms with Gasteiger partial charge in [-0.3, -0.25) is 4.99 Å². The maximum atomic E-state index is 5.22. The van der Waals surface area contributed by atoms with Crippen LogP contribution in [-0.4, -0.2) is 17.6 Å². The molecule has 3 heteroatoms. The Balaban J connectivity index is 2.40. The molecule has 0 bridgehead atoms. The van der Waals surface area contributed by atoms with Gasteiger partial charge in [-0.05, 0) is 49.6 Å². The van der Waals surface area contributed by atoms with Crippen molar-refractivity contribution in [1.82, 2.24) is 4.73 Å². The van der Waals surface area contributed by atoms with Gasteiger partial charge in [0.15, 0.2) is 0 Å². The lowest BCUT2D eigenvalue weighted by molar-refractivity contribution is 0.166. The molecule has 0 saturated carbocycles. The Kier molecular flexibility index (Phi) is 3.18. The first kappa shape index (κ1) is 11.7. The Hall–Kier alpha value is -1.77. The largest absolute Gasteiger partial charge is 0.417 e. The Morgan fingerprint density at radius 3 is 2.76 bits per heavy atom. The third-order valence-electron chi connectivity index (χ3n) is 3.14. The molecule has 17 heavy (non-hydrogen) atoms. The van der Waals surface area contributed by atoms with Crippen LogP contribution in [0.5, 0.6) is 0 Å². The van der Waals surface area contributed by atoms with E-state index in [1.807, 2.05) is 18.3 Å². The first-order valence-electron chi connectivity index (χ1n) is 5.86. The molecule has 0 N–H and O–H groups in total. The van der Waals surface area contributed by atoms with E-state index in [2.05, 4.69) is 31.8 Å². The quantitative estimate of drug-likeness (QED) is 0.783. The van der Waals surface area contributed by atoms with Crippen LogP contribution in [0.1, 0.15) is 32.9 Å². The highest BCUT2D eigenvalue weighted by Crippen LogP contribution is 2.28. The SMILES string of the molecule is CCC1=C(C)/C(=C\c2cccn2OC)N=C1C. The lowest BCUT2D eigenvalue weighted by atomic mass is 10.0. The Morgan fingerprint density at radius 2 is 2.18 bits per heavy atom. The average molecular weight is 230 g/mol. The van der Waals surface area contributed by atoms with Crippen LogP contribution < -0.4 is 4.84 Å².